The van der Waals surface area contributed by atoms with Gasteiger partial charge in [0, 0.05) is 29.4 Å². The van der Waals surface area contributed by atoms with E-state index in [0.29, 0.717) is 30.4 Å². The average Bonchev–Trinajstić information content (AvgIpc) is 3.15. The van der Waals surface area contributed by atoms with E-state index in [4.69, 9.17) is 16.4 Å². The van der Waals surface area contributed by atoms with Crippen LogP contribution in [-0.4, -0.2) is 29.0 Å². The zero-order valence-corrected chi connectivity index (χ0v) is 14.0. The molecular formula is C17H16ClN3O4. The van der Waals surface area contributed by atoms with E-state index in [-0.39, 0.29) is 11.3 Å². The maximum atomic E-state index is 12.6. The second-order valence-corrected chi connectivity index (χ2v) is 5.93. The van der Waals surface area contributed by atoms with Crippen molar-refractivity contribution in [2.24, 2.45) is 0 Å². The van der Waals surface area contributed by atoms with E-state index < -0.39 is 10.8 Å². The molecule has 0 radical (unpaired) electrons. The fourth-order valence-electron chi connectivity index (χ4n) is 2.55. The molecular weight excluding hydrogens is 346 g/mol. The first-order chi connectivity index (χ1) is 12.1. The van der Waals surface area contributed by atoms with Crippen molar-refractivity contribution in [1.29, 1.82) is 0 Å². The predicted octanol–water partition coefficient (Wildman–Crippen LogP) is 3.64. The van der Waals surface area contributed by atoms with Crippen LogP contribution in [0.5, 0.6) is 0 Å². The molecule has 1 heterocycles. The fourth-order valence-corrected chi connectivity index (χ4v) is 2.75. The standard InChI is InChI=1S/C17H16ClN3O4/c18-15-5-2-1-4-12(15)11-19-16-7-6-13(21(23)24)10-14(16)17(22)20-8-3-9-25-20/h1-2,4-7,10,19H,3,8-9,11H2. The third-order valence-electron chi connectivity index (χ3n) is 3.85. The summed E-state index contributed by atoms with van der Waals surface area (Å²) >= 11 is 6.14. The quantitative estimate of drug-likeness (QED) is 0.649. The number of hydrogen-bond donors (Lipinski definition) is 1. The van der Waals surface area contributed by atoms with Gasteiger partial charge >= 0.3 is 0 Å². The van der Waals surface area contributed by atoms with Gasteiger partial charge in [-0.1, -0.05) is 29.8 Å². The Labute approximate surface area is 149 Å². The Morgan fingerprint density at radius 1 is 1.32 bits per heavy atom. The highest BCUT2D eigenvalue weighted by atomic mass is 35.5. The van der Waals surface area contributed by atoms with E-state index >= 15 is 0 Å². The van der Waals surface area contributed by atoms with Gasteiger partial charge in [0.15, 0.2) is 0 Å². The van der Waals surface area contributed by atoms with Gasteiger partial charge in [-0.15, -0.1) is 0 Å². The first-order valence-electron chi connectivity index (χ1n) is 7.77. The Kier molecular flexibility index (Phi) is 5.16. The summed E-state index contributed by atoms with van der Waals surface area (Å²) in [7, 11) is 0. The molecule has 1 fully saturated rings. The summed E-state index contributed by atoms with van der Waals surface area (Å²) in [6.07, 6.45) is 0.739. The van der Waals surface area contributed by atoms with Gasteiger partial charge in [0.1, 0.15) is 0 Å². The van der Waals surface area contributed by atoms with Gasteiger partial charge in [-0.25, -0.2) is 5.06 Å². The molecule has 3 rings (SSSR count). The van der Waals surface area contributed by atoms with Crippen LogP contribution in [-0.2, 0) is 11.4 Å². The largest absolute Gasteiger partial charge is 0.380 e. The topological polar surface area (TPSA) is 84.7 Å². The Morgan fingerprint density at radius 3 is 2.80 bits per heavy atom. The van der Waals surface area contributed by atoms with E-state index in [1.54, 1.807) is 6.07 Å². The number of hydrogen-bond acceptors (Lipinski definition) is 5. The summed E-state index contributed by atoms with van der Waals surface area (Å²) in [6, 6.07) is 11.5. The molecule has 2 aromatic rings. The van der Waals surface area contributed by atoms with Crippen LogP contribution in [0.3, 0.4) is 0 Å². The number of hydroxylamine groups is 2. The maximum Gasteiger partial charge on any atom is 0.279 e. The van der Waals surface area contributed by atoms with Crippen LogP contribution < -0.4 is 5.32 Å². The zero-order chi connectivity index (χ0) is 17.8. The number of nitrogens with one attached hydrogen (secondary N) is 1. The highest BCUT2D eigenvalue weighted by Crippen LogP contribution is 2.26. The van der Waals surface area contributed by atoms with Crippen LogP contribution in [0.4, 0.5) is 11.4 Å². The van der Waals surface area contributed by atoms with Crippen molar-refractivity contribution in [2.75, 3.05) is 18.5 Å². The van der Waals surface area contributed by atoms with Crippen LogP contribution in [0.15, 0.2) is 42.5 Å². The minimum atomic E-state index is -0.528. The van der Waals surface area contributed by atoms with Gasteiger partial charge < -0.3 is 5.32 Å². The van der Waals surface area contributed by atoms with E-state index in [2.05, 4.69) is 5.32 Å². The summed E-state index contributed by atoms with van der Waals surface area (Å²) in [5.74, 6) is -0.400. The Morgan fingerprint density at radius 2 is 2.12 bits per heavy atom. The highest BCUT2D eigenvalue weighted by Gasteiger charge is 2.25. The van der Waals surface area contributed by atoms with Crippen molar-refractivity contribution >= 4 is 28.9 Å². The molecule has 1 aliphatic rings. The molecule has 25 heavy (non-hydrogen) atoms. The Balaban J connectivity index is 1.88. The number of nitro benzene ring substituents is 1. The van der Waals surface area contributed by atoms with Crippen LogP contribution in [0.2, 0.25) is 5.02 Å². The Bertz CT molecular complexity index is 806. The number of amides is 1. The number of benzene rings is 2. The SMILES string of the molecule is O=C(c1cc([N+](=O)[O-])ccc1NCc1ccccc1Cl)N1CCCO1. The van der Waals surface area contributed by atoms with Gasteiger partial charge in [-0.2, -0.15) is 0 Å². The number of non-ortho nitro benzene ring substituents is 1. The molecule has 8 heteroatoms. The van der Waals surface area contributed by atoms with Crippen LogP contribution in [0.25, 0.3) is 0 Å². The molecule has 0 spiro atoms. The van der Waals surface area contributed by atoms with E-state index in [0.717, 1.165) is 12.0 Å². The molecule has 130 valence electrons. The lowest BCUT2D eigenvalue weighted by Crippen LogP contribution is -2.27. The lowest BCUT2D eigenvalue weighted by molar-refractivity contribution is -0.384. The molecule has 1 aliphatic heterocycles. The normalized spacial score (nSPS) is 13.7. The van der Waals surface area contributed by atoms with Crippen molar-refractivity contribution in [3.63, 3.8) is 0 Å². The van der Waals surface area contributed by atoms with Crippen LogP contribution in [0, 0.1) is 10.1 Å². The minimum Gasteiger partial charge on any atom is -0.380 e. The molecule has 0 atom stereocenters. The molecule has 1 N–H and O–H groups in total. The smallest absolute Gasteiger partial charge is 0.279 e. The second-order valence-electron chi connectivity index (χ2n) is 5.53. The number of anilines is 1. The lowest BCUT2D eigenvalue weighted by Gasteiger charge is -2.17. The zero-order valence-electron chi connectivity index (χ0n) is 13.3. The van der Waals surface area contributed by atoms with Crippen LogP contribution >= 0.6 is 11.6 Å². The third kappa shape index (κ3) is 3.89. The molecule has 0 aliphatic carbocycles. The number of carbonyl (C=O) groups is 1. The molecule has 1 saturated heterocycles. The molecule has 0 saturated carbocycles. The fraction of sp³-hybridized carbons (Fsp3) is 0.235. The summed E-state index contributed by atoms with van der Waals surface area (Å²) in [5.41, 5.74) is 1.40. The number of nitro groups is 1. The summed E-state index contributed by atoms with van der Waals surface area (Å²) in [4.78, 5) is 28.4. The van der Waals surface area contributed by atoms with Gasteiger partial charge in [0.05, 0.1) is 23.6 Å². The second kappa shape index (κ2) is 7.50. The molecule has 0 bridgehead atoms. The monoisotopic (exact) mass is 361 g/mol. The number of halogens is 1. The Hall–Kier alpha value is -2.64. The van der Waals surface area contributed by atoms with Crippen molar-refractivity contribution < 1.29 is 14.6 Å². The first-order valence-corrected chi connectivity index (χ1v) is 8.14. The van der Waals surface area contributed by atoms with Gasteiger partial charge in [-0.3, -0.25) is 19.7 Å². The van der Waals surface area contributed by atoms with Crippen molar-refractivity contribution in [3.8, 4) is 0 Å². The third-order valence-corrected chi connectivity index (χ3v) is 4.22. The van der Waals surface area contributed by atoms with E-state index in [1.165, 1.54) is 23.3 Å². The highest BCUT2D eigenvalue weighted by molar-refractivity contribution is 6.31. The first kappa shape index (κ1) is 17.2. The summed E-state index contributed by atoms with van der Waals surface area (Å²) < 4.78 is 0. The number of nitrogens with zero attached hydrogens (tertiary/aromatic N) is 2. The van der Waals surface area contributed by atoms with Crippen molar-refractivity contribution in [1.82, 2.24) is 5.06 Å². The maximum absolute atomic E-state index is 12.6. The molecule has 2 aromatic carbocycles. The predicted molar refractivity (Wildman–Crippen MR) is 93.5 cm³/mol. The van der Waals surface area contributed by atoms with E-state index in [9.17, 15) is 14.9 Å². The van der Waals surface area contributed by atoms with Gasteiger partial charge in [0.25, 0.3) is 11.6 Å². The van der Waals surface area contributed by atoms with Crippen molar-refractivity contribution in [2.45, 2.75) is 13.0 Å². The summed E-state index contributed by atoms with van der Waals surface area (Å²) in [5, 5.41) is 16.0. The molecule has 7 nitrogen and oxygen atoms in total. The minimum absolute atomic E-state index is 0.147. The van der Waals surface area contributed by atoms with Crippen molar-refractivity contribution in [3.05, 3.63) is 68.7 Å². The number of carbonyl (C=O) groups excluding carboxylic acids is 1. The number of rotatable bonds is 5. The summed E-state index contributed by atoms with van der Waals surface area (Å²) in [6.45, 7) is 1.31. The van der Waals surface area contributed by atoms with Gasteiger partial charge in [-0.05, 0) is 24.1 Å². The van der Waals surface area contributed by atoms with Crippen LogP contribution in [0.1, 0.15) is 22.3 Å². The molecule has 0 unspecified atom stereocenters. The van der Waals surface area contributed by atoms with Gasteiger partial charge in [0.2, 0.25) is 0 Å². The molecule has 1 amide bonds. The molecule has 0 aromatic heterocycles. The lowest BCUT2D eigenvalue weighted by atomic mass is 10.1. The van der Waals surface area contributed by atoms with E-state index in [1.807, 2.05) is 18.2 Å². The average molecular weight is 362 g/mol.